The van der Waals surface area contributed by atoms with Crippen LogP contribution in [0.1, 0.15) is 6.92 Å². The van der Waals surface area contributed by atoms with Crippen LogP contribution in [0.25, 0.3) is 0 Å². The summed E-state index contributed by atoms with van der Waals surface area (Å²) in [4.78, 5) is 26.8. The second kappa shape index (κ2) is 8.69. The van der Waals surface area contributed by atoms with Gasteiger partial charge < -0.3 is 19.9 Å². The molecular weight excluding hydrogens is 385 g/mol. The molecule has 148 valence electrons. The van der Waals surface area contributed by atoms with Crippen molar-refractivity contribution in [3.05, 3.63) is 12.3 Å². The molecule has 0 aromatic heterocycles. The highest BCUT2D eigenvalue weighted by atomic mass is 35.7. The van der Waals surface area contributed by atoms with Gasteiger partial charge in [0, 0.05) is 26.2 Å². The number of rotatable bonds is 6. The Morgan fingerprint density at radius 2 is 2.23 bits per heavy atom. The van der Waals surface area contributed by atoms with Gasteiger partial charge in [0.2, 0.25) is 5.91 Å². The fourth-order valence-electron chi connectivity index (χ4n) is 2.57. The Morgan fingerprint density at radius 3 is 2.81 bits per heavy atom. The molecule has 12 heteroatoms. The standard InChI is InChI=1S/C14H25ClN5O5P/c1-10(21)16-12-5-6-20(14(22)17-12)13-8-19(4)7-11(25-13)9-24-26(15,23)18(2)3/h5-6,11-13H,7-9H2,1-4H3,(H,16,21)(H,17,22)/t11-,12?,13?,26?/m0/s1. The number of ether oxygens (including phenoxy) is 1. The number of likely N-dealkylation sites (N-methyl/N-ethyl adjacent to an activating group) is 1. The average Bonchev–Trinajstić information content (AvgIpc) is 2.52. The first-order valence-electron chi connectivity index (χ1n) is 8.09. The number of carbonyl (C=O) groups is 2. The maximum atomic E-state index is 12.3. The monoisotopic (exact) mass is 409 g/mol. The second-order valence-electron chi connectivity index (χ2n) is 6.40. The van der Waals surface area contributed by atoms with E-state index < -0.39 is 25.4 Å². The zero-order valence-electron chi connectivity index (χ0n) is 15.2. The van der Waals surface area contributed by atoms with Gasteiger partial charge in [-0.3, -0.25) is 19.2 Å². The molecule has 1 fully saturated rings. The molecule has 0 saturated carbocycles. The molecule has 2 rings (SSSR count). The Kier molecular flexibility index (Phi) is 7.06. The van der Waals surface area contributed by atoms with E-state index in [4.69, 9.17) is 20.5 Å². The number of hydrogen-bond donors (Lipinski definition) is 2. The molecule has 3 amide bonds. The minimum absolute atomic E-state index is 0.0352. The highest BCUT2D eigenvalue weighted by Crippen LogP contribution is 2.54. The van der Waals surface area contributed by atoms with E-state index in [1.54, 1.807) is 26.4 Å². The quantitative estimate of drug-likeness (QED) is 0.618. The summed E-state index contributed by atoms with van der Waals surface area (Å²) in [6.45, 7) is -0.926. The lowest BCUT2D eigenvalue weighted by molar-refractivity contribution is -0.133. The lowest BCUT2D eigenvalue weighted by Crippen LogP contribution is -2.60. The summed E-state index contributed by atoms with van der Waals surface area (Å²) in [5.41, 5.74) is 0. The number of urea groups is 1. The predicted molar refractivity (Wildman–Crippen MR) is 96.4 cm³/mol. The first-order chi connectivity index (χ1) is 12.1. The van der Waals surface area contributed by atoms with Gasteiger partial charge in [0.15, 0.2) is 6.23 Å². The topological polar surface area (TPSA) is 103 Å². The van der Waals surface area contributed by atoms with Gasteiger partial charge >= 0.3 is 12.9 Å². The van der Waals surface area contributed by atoms with E-state index in [0.29, 0.717) is 13.1 Å². The Hall–Kier alpha value is -1.16. The molecule has 2 heterocycles. The van der Waals surface area contributed by atoms with Gasteiger partial charge in [-0.2, -0.15) is 0 Å². The Balaban J connectivity index is 1.98. The summed E-state index contributed by atoms with van der Waals surface area (Å²) >= 11 is 5.86. The van der Waals surface area contributed by atoms with Gasteiger partial charge in [0.25, 0.3) is 0 Å². The van der Waals surface area contributed by atoms with Crippen LogP contribution in [0.5, 0.6) is 0 Å². The van der Waals surface area contributed by atoms with Gasteiger partial charge in [-0.1, -0.05) is 0 Å². The molecule has 0 aromatic carbocycles. The second-order valence-corrected chi connectivity index (χ2v) is 9.65. The highest BCUT2D eigenvalue weighted by molar-refractivity contribution is 7.83. The third-order valence-corrected chi connectivity index (χ3v) is 6.47. The van der Waals surface area contributed by atoms with Crippen LogP contribution in [0.4, 0.5) is 4.79 Å². The Labute approximate surface area is 157 Å². The summed E-state index contributed by atoms with van der Waals surface area (Å²) in [6.07, 6.45) is 1.73. The minimum Gasteiger partial charge on any atom is -0.350 e. The van der Waals surface area contributed by atoms with Crippen molar-refractivity contribution in [2.75, 3.05) is 40.8 Å². The van der Waals surface area contributed by atoms with Gasteiger partial charge in [0.05, 0.1) is 12.7 Å². The fourth-order valence-corrected chi connectivity index (χ4v) is 3.32. The summed E-state index contributed by atoms with van der Waals surface area (Å²) in [7, 11) is 5.03. The summed E-state index contributed by atoms with van der Waals surface area (Å²) in [5, 5.41) is 5.26. The molecule has 1 saturated heterocycles. The molecule has 2 aliphatic heterocycles. The van der Waals surface area contributed by atoms with E-state index in [-0.39, 0.29) is 18.5 Å². The molecule has 26 heavy (non-hydrogen) atoms. The van der Waals surface area contributed by atoms with E-state index >= 15 is 0 Å². The first-order valence-corrected chi connectivity index (χ1v) is 10.6. The molecule has 4 atom stereocenters. The van der Waals surface area contributed by atoms with Crippen LogP contribution in [0.15, 0.2) is 12.3 Å². The maximum Gasteiger partial charge on any atom is 0.362 e. The molecule has 0 aromatic rings. The summed E-state index contributed by atoms with van der Waals surface area (Å²) < 4.78 is 24.6. The van der Waals surface area contributed by atoms with Gasteiger partial charge in [-0.15, -0.1) is 0 Å². The van der Waals surface area contributed by atoms with Crippen LogP contribution in [0.3, 0.4) is 0 Å². The van der Waals surface area contributed by atoms with Crippen molar-refractivity contribution in [2.45, 2.75) is 25.4 Å². The molecule has 3 unspecified atom stereocenters. The van der Waals surface area contributed by atoms with Crippen LogP contribution in [0.2, 0.25) is 0 Å². The van der Waals surface area contributed by atoms with E-state index in [2.05, 4.69) is 10.6 Å². The van der Waals surface area contributed by atoms with Crippen LogP contribution in [-0.2, 0) is 18.6 Å². The summed E-state index contributed by atoms with van der Waals surface area (Å²) in [5.74, 6) is -0.245. The van der Waals surface area contributed by atoms with Crippen molar-refractivity contribution in [1.29, 1.82) is 0 Å². The minimum atomic E-state index is -3.38. The highest BCUT2D eigenvalue weighted by Gasteiger charge is 2.35. The molecule has 0 aliphatic carbocycles. The van der Waals surface area contributed by atoms with Crippen LogP contribution in [-0.4, -0.2) is 85.7 Å². The fraction of sp³-hybridized carbons (Fsp3) is 0.714. The van der Waals surface area contributed by atoms with Gasteiger partial charge in [-0.05, 0) is 38.5 Å². The van der Waals surface area contributed by atoms with Crippen molar-refractivity contribution in [2.24, 2.45) is 0 Å². The van der Waals surface area contributed by atoms with Gasteiger partial charge in [-0.25, -0.2) is 9.46 Å². The summed E-state index contributed by atoms with van der Waals surface area (Å²) in [6, 6.07) is -0.387. The number of halogens is 1. The molecule has 0 spiro atoms. The van der Waals surface area contributed by atoms with E-state index in [1.807, 2.05) is 11.9 Å². The third-order valence-electron chi connectivity index (χ3n) is 3.85. The smallest absolute Gasteiger partial charge is 0.350 e. The molecular formula is C14H25ClN5O5P. The molecule has 0 bridgehead atoms. The van der Waals surface area contributed by atoms with Crippen molar-refractivity contribution in [3.8, 4) is 0 Å². The number of nitrogens with zero attached hydrogens (tertiary/aromatic N) is 3. The van der Waals surface area contributed by atoms with Crippen LogP contribution in [0, 0.1) is 0 Å². The average molecular weight is 410 g/mol. The molecule has 10 nitrogen and oxygen atoms in total. The van der Waals surface area contributed by atoms with Crippen LogP contribution < -0.4 is 10.6 Å². The van der Waals surface area contributed by atoms with Gasteiger partial charge in [0.1, 0.15) is 6.17 Å². The number of carbonyl (C=O) groups excluding carboxylic acids is 2. The largest absolute Gasteiger partial charge is 0.362 e. The zero-order chi connectivity index (χ0) is 19.5. The van der Waals surface area contributed by atoms with Crippen LogP contribution >= 0.6 is 18.1 Å². The van der Waals surface area contributed by atoms with E-state index in [9.17, 15) is 14.2 Å². The maximum absolute atomic E-state index is 12.3. The van der Waals surface area contributed by atoms with Crippen molar-refractivity contribution in [3.63, 3.8) is 0 Å². The first kappa shape index (κ1) is 21.1. The lowest BCUT2D eigenvalue weighted by atomic mass is 10.2. The molecule has 2 N–H and O–H groups in total. The lowest BCUT2D eigenvalue weighted by Gasteiger charge is -2.41. The van der Waals surface area contributed by atoms with Crippen molar-refractivity contribution < 1.29 is 23.4 Å². The Bertz CT molecular complexity index is 619. The van der Waals surface area contributed by atoms with E-state index in [0.717, 1.165) is 0 Å². The zero-order valence-corrected chi connectivity index (χ0v) is 16.9. The Morgan fingerprint density at radius 1 is 1.54 bits per heavy atom. The van der Waals surface area contributed by atoms with E-state index in [1.165, 1.54) is 16.5 Å². The normalized spacial score (nSPS) is 29.4. The third kappa shape index (κ3) is 5.67. The number of amides is 3. The molecule has 0 radical (unpaired) electrons. The van der Waals surface area contributed by atoms with Crippen molar-refractivity contribution in [1.82, 2.24) is 25.1 Å². The number of hydrogen-bond acceptors (Lipinski definition) is 6. The predicted octanol–water partition coefficient (Wildman–Crippen LogP) is 0.569. The van der Waals surface area contributed by atoms with Crippen molar-refractivity contribution >= 4 is 30.1 Å². The number of morpholine rings is 1. The SMILES string of the molecule is CC(=O)NC1C=CN(C2CN(C)C[C@@H](COP(=O)(Cl)N(C)C)O2)C(=O)N1. The molecule has 2 aliphatic rings. The number of nitrogens with one attached hydrogen (secondary N) is 2.